The molecule has 0 N–H and O–H groups in total. The number of thiophene rings is 1. The van der Waals surface area contributed by atoms with Gasteiger partial charge in [0.1, 0.15) is 12.4 Å². The second-order valence-electron chi connectivity index (χ2n) is 8.60. The number of hydrogen-bond acceptors (Lipinski definition) is 9. The van der Waals surface area contributed by atoms with E-state index in [1.165, 1.54) is 23.5 Å². The van der Waals surface area contributed by atoms with E-state index in [1.54, 1.807) is 10.7 Å². The first-order valence-electron chi connectivity index (χ1n) is 11.7. The molecule has 0 radical (unpaired) electrons. The quantitative estimate of drug-likeness (QED) is 0.159. The lowest BCUT2D eigenvalue weighted by atomic mass is 10.1. The van der Waals surface area contributed by atoms with E-state index < -0.39 is 10.9 Å². The molecule has 4 heterocycles. The number of nitro groups is 1. The van der Waals surface area contributed by atoms with Crippen LogP contribution < -0.4 is 4.74 Å². The smallest absolute Gasteiger partial charge is 0.339 e. The van der Waals surface area contributed by atoms with Crippen LogP contribution in [0.25, 0.3) is 27.3 Å². The van der Waals surface area contributed by atoms with Gasteiger partial charge in [0.25, 0.3) is 5.69 Å². The number of carbonyl (C=O) groups is 1. The van der Waals surface area contributed by atoms with Crippen LogP contribution in [-0.2, 0) is 22.7 Å². The first-order chi connectivity index (χ1) is 18.5. The van der Waals surface area contributed by atoms with Gasteiger partial charge in [0, 0.05) is 23.3 Å². The average Bonchev–Trinajstić information content (AvgIpc) is 3.60. The molecule has 10 nitrogen and oxygen atoms in total. The summed E-state index contributed by atoms with van der Waals surface area (Å²) in [7, 11) is 0. The van der Waals surface area contributed by atoms with Gasteiger partial charge in [-0.15, -0.1) is 11.3 Å². The average molecular weight is 529 g/mol. The fraction of sp³-hybridized carbons (Fsp3) is 0.148. The minimum Gasteiger partial charge on any atom is -0.467 e. The van der Waals surface area contributed by atoms with Crippen molar-refractivity contribution in [2.75, 3.05) is 6.79 Å². The third-order valence-electron chi connectivity index (χ3n) is 6.15. The highest BCUT2D eigenvalue weighted by molar-refractivity contribution is 7.13. The fourth-order valence-electron chi connectivity index (χ4n) is 4.46. The highest BCUT2D eigenvalue weighted by Gasteiger charge is 2.25. The van der Waals surface area contributed by atoms with Gasteiger partial charge in [0.2, 0.25) is 0 Å². The summed E-state index contributed by atoms with van der Waals surface area (Å²) in [6, 6.07) is 17.9. The van der Waals surface area contributed by atoms with Crippen molar-refractivity contribution in [1.82, 2.24) is 14.8 Å². The lowest BCUT2D eigenvalue weighted by molar-refractivity contribution is -0.385. The Hall–Kier alpha value is -4.61. The molecule has 6 rings (SSSR count). The number of para-hydroxylation sites is 1. The number of rotatable bonds is 6. The Morgan fingerprint density at radius 2 is 2.03 bits per heavy atom. The van der Waals surface area contributed by atoms with E-state index in [0.29, 0.717) is 44.9 Å². The zero-order chi connectivity index (χ0) is 26.2. The van der Waals surface area contributed by atoms with Crippen LogP contribution in [0.3, 0.4) is 0 Å². The molecule has 3 aromatic heterocycles. The molecule has 0 saturated carbocycles. The minimum atomic E-state index is -0.599. The Morgan fingerprint density at radius 3 is 2.79 bits per heavy atom. The number of hydrogen-bond donors (Lipinski definition) is 0. The molecule has 0 spiro atoms. The lowest BCUT2D eigenvalue weighted by Crippen LogP contribution is -2.15. The van der Waals surface area contributed by atoms with E-state index in [2.05, 4.69) is 5.10 Å². The summed E-state index contributed by atoms with van der Waals surface area (Å²) < 4.78 is 18.3. The van der Waals surface area contributed by atoms with E-state index in [0.717, 1.165) is 10.6 Å². The minimum absolute atomic E-state index is 0.0127. The van der Waals surface area contributed by atoms with Crippen LogP contribution in [-0.4, -0.2) is 32.5 Å². The van der Waals surface area contributed by atoms with E-state index in [1.807, 2.05) is 54.8 Å². The first kappa shape index (κ1) is 23.8. The number of pyridine rings is 1. The van der Waals surface area contributed by atoms with E-state index in [-0.39, 0.29) is 25.7 Å². The fourth-order valence-corrected chi connectivity index (χ4v) is 5.15. The first-order valence-corrected chi connectivity index (χ1v) is 12.5. The molecule has 38 heavy (non-hydrogen) atoms. The number of fused-ring (bicyclic) bond motifs is 2. The SMILES string of the molecule is Cc1nn(-c2ccccc2)c2nc(-c3cccs3)cc(C(=O)OCc3cc([N+](=O)[O-])cc4c3OCOC4)c12. The van der Waals surface area contributed by atoms with Crippen LogP contribution in [0.15, 0.2) is 66.0 Å². The summed E-state index contributed by atoms with van der Waals surface area (Å²) >= 11 is 1.51. The second kappa shape index (κ2) is 9.69. The number of ether oxygens (including phenoxy) is 3. The molecule has 1 aliphatic heterocycles. The van der Waals surface area contributed by atoms with Crippen molar-refractivity contribution >= 4 is 34.0 Å². The molecule has 0 fully saturated rings. The van der Waals surface area contributed by atoms with Crippen LogP contribution in [0.1, 0.15) is 27.2 Å². The molecule has 1 aliphatic rings. The van der Waals surface area contributed by atoms with E-state index >= 15 is 0 Å². The second-order valence-corrected chi connectivity index (χ2v) is 9.55. The van der Waals surface area contributed by atoms with Gasteiger partial charge >= 0.3 is 5.97 Å². The number of nitrogens with zero attached hydrogens (tertiary/aromatic N) is 4. The molecule has 0 aliphatic carbocycles. The highest BCUT2D eigenvalue weighted by atomic mass is 32.1. The summed E-state index contributed by atoms with van der Waals surface area (Å²) in [6.45, 7) is 1.78. The highest BCUT2D eigenvalue weighted by Crippen LogP contribution is 2.34. The Balaban J connectivity index is 1.42. The van der Waals surface area contributed by atoms with Crippen molar-refractivity contribution in [2.45, 2.75) is 20.1 Å². The van der Waals surface area contributed by atoms with Gasteiger partial charge in [0.15, 0.2) is 12.4 Å². The van der Waals surface area contributed by atoms with Crippen LogP contribution in [0, 0.1) is 17.0 Å². The third-order valence-corrected chi connectivity index (χ3v) is 7.04. The van der Waals surface area contributed by atoms with Crippen LogP contribution in [0.5, 0.6) is 5.75 Å². The standard InChI is InChI=1S/C27H20N4O6S/c1-16-24-21(27(32)36-14-18-11-20(31(33)34)10-17-13-35-15-37-25(17)18)12-22(23-8-5-9-38-23)28-26(24)30(29-16)19-6-3-2-4-7-19/h2-12H,13-15H2,1H3. The molecule has 190 valence electrons. The Bertz CT molecular complexity index is 1680. The number of non-ortho nitro benzene ring substituents is 1. The maximum absolute atomic E-state index is 13.6. The number of aryl methyl sites for hydroxylation is 1. The molecule has 2 aromatic carbocycles. The molecule has 0 saturated heterocycles. The maximum Gasteiger partial charge on any atom is 0.339 e. The zero-order valence-corrected chi connectivity index (χ0v) is 20.9. The topological polar surface area (TPSA) is 119 Å². The summed E-state index contributed by atoms with van der Waals surface area (Å²) in [5, 5.41) is 18.6. The van der Waals surface area contributed by atoms with Crippen molar-refractivity contribution in [3.05, 3.63) is 98.5 Å². The summed E-state index contributed by atoms with van der Waals surface area (Å²) in [6.07, 6.45) is 0. The number of nitro benzene ring substituents is 1. The third kappa shape index (κ3) is 4.27. The van der Waals surface area contributed by atoms with Gasteiger partial charge in [-0.25, -0.2) is 14.5 Å². The van der Waals surface area contributed by atoms with Crippen LogP contribution in [0.4, 0.5) is 5.69 Å². The predicted molar refractivity (Wildman–Crippen MR) is 139 cm³/mol. The Morgan fingerprint density at radius 1 is 1.18 bits per heavy atom. The Labute approximate surface area is 220 Å². The predicted octanol–water partition coefficient (Wildman–Crippen LogP) is 5.59. The maximum atomic E-state index is 13.6. The number of esters is 1. The van der Waals surface area contributed by atoms with Crippen LogP contribution >= 0.6 is 11.3 Å². The summed E-state index contributed by atoms with van der Waals surface area (Å²) in [5.74, 6) is -0.167. The molecule has 5 aromatic rings. The van der Waals surface area contributed by atoms with Gasteiger partial charge in [-0.05, 0) is 36.6 Å². The summed E-state index contributed by atoms with van der Waals surface area (Å²) in [4.78, 5) is 30.3. The number of aromatic nitrogens is 3. The lowest BCUT2D eigenvalue weighted by Gasteiger charge is -2.20. The number of benzene rings is 2. The summed E-state index contributed by atoms with van der Waals surface area (Å²) in [5.41, 5.74) is 3.67. The van der Waals surface area contributed by atoms with Gasteiger partial charge in [-0.3, -0.25) is 10.1 Å². The van der Waals surface area contributed by atoms with Crippen molar-refractivity contribution in [3.63, 3.8) is 0 Å². The van der Waals surface area contributed by atoms with Gasteiger partial charge in [0.05, 0.1) is 44.4 Å². The molecule has 0 unspecified atom stereocenters. The monoisotopic (exact) mass is 528 g/mol. The zero-order valence-electron chi connectivity index (χ0n) is 20.1. The van der Waals surface area contributed by atoms with Crippen molar-refractivity contribution in [3.8, 4) is 22.0 Å². The normalized spacial score (nSPS) is 12.7. The van der Waals surface area contributed by atoms with Crippen molar-refractivity contribution in [2.24, 2.45) is 0 Å². The molecule has 0 atom stereocenters. The van der Waals surface area contributed by atoms with Crippen LogP contribution in [0.2, 0.25) is 0 Å². The molecule has 0 amide bonds. The molecular weight excluding hydrogens is 508 g/mol. The van der Waals surface area contributed by atoms with Gasteiger partial charge < -0.3 is 14.2 Å². The van der Waals surface area contributed by atoms with Crippen molar-refractivity contribution in [1.29, 1.82) is 0 Å². The molecule has 0 bridgehead atoms. The van der Waals surface area contributed by atoms with E-state index in [9.17, 15) is 14.9 Å². The van der Waals surface area contributed by atoms with Gasteiger partial charge in [-0.1, -0.05) is 24.3 Å². The van der Waals surface area contributed by atoms with Crippen molar-refractivity contribution < 1.29 is 23.9 Å². The number of carbonyl (C=O) groups excluding carboxylic acids is 1. The van der Waals surface area contributed by atoms with Gasteiger partial charge in [-0.2, -0.15) is 5.10 Å². The molecular formula is C27H20N4O6S. The Kier molecular flexibility index (Phi) is 6.06. The van der Waals surface area contributed by atoms with E-state index in [4.69, 9.17) is 19.2 Å². The molecule has 11 heteroatoms. The largest absolute Gasteiger partial charge is 0.467 e.